The van der Waals surface area contributed by atoms with E-state index in [0.29, 0.717) is 0 Å². The van der Waals surface area contributed by atoms with Gasteiger partial charge in [-0.05, 0) is 36.2 Å². The van der Waals surface area contributed by atoms with Crippen molar-refractivity contribution in [2.24, 2.45) is 0 Å². The van der Waals surface area contributed by atoms with Crippen molar-refractivity contribution in [1.29, 1.82) is 0 Å². The monoisotopic (exact) mass is 282 g/mol. The lowest BCUT2D eigenvalue weighted by Gasteiger charge is -2.02. The van der Waals surface area contributed by atoms with Crippen molar-refractivity contribution in [2.75, 3.05) is 19.5 Å². The van der Waals surface area contributed by atoms with Crippen LogP contribution < -0.4 is 10.1 Å². The summed E-state index contributed by atoms with van der Waals surface area (Å²) in [5, 5.41) is 3.02. The summed E-state index contributed by atoms with van der Waals surface area (Å²) in [6, 6.07) is 12.1. The van der Waals surface area contributed by atoms with Crippen LogP contribution in [0.3, 0.4) is 0 Å². The van der Waals surface area contributed by atoms with Gasteiger partial charge in [-0.1, -0.05) is 12.1 Å². The van der Waals surface area contributed by atoms with E-state index in [1.54, 1.807) is 7.11 Å². The van der Waals surface area contributed by atoms with Gasteiger partial charge in [0.25, 0.3) is 0 Å². The number of pyridine rings is 1. The number of H-pyrrole nitrogens is 1. The van der Waals surface area contributed by atoms with E-state index in [9.17, 15) is 0 Å². The van der Waals surface area contributed by atoms with Gasteiger partial charge in [-0.3, -0.25) is 0 Å². The maximum absolute atomic E-state index is 5.16. The summed E-state index contributed by atoms with van der Waals surface area (Å²) in [5.41, 5.74) is 2.99. The van der Waals surface area contributed by atoms with Crippen LogP contribution in [0.5, 0.6) is 5.75 Å². The Kier molecular flexibility index (Phi) is 3.73. The first kappa shape index (κ1) is 13.4. The molecule has 3 rings (SSSR count). The normalized spacial score (nSPS) is 10.8. The molecule has 0 atom stereocenters. The van der Waals surface area contributed by atoms with Crippen LogP contribution in [0.2, 0.25) is 0 Å². The highest BCUT2D eigenvalue weighted by Gasteiger charge is 2.05. The molecule has 0 aliphatic rings. The fourth-order valence-electron chi connectivity index (χ4n) is 2.25. The molecule has 0 saturated heterocycles. The molecule has 0 aliphatic carbocycles. The smallest absolute Gasteiger partial charge is 0.179 e. The minimum Gasteiger partial charge on any atom is -0.497 e. The summed E-state index contributed by atoms with van der Waals surface area (Å²) in [6.07, 6.45) is 1.79. The predicted octanol–water partition coefficient (Wildman–Crippen LogP) is 2.79. The van der Waals surface area contributed by atoms with E-state index >= 15 is 0 Å². The molecule has 0 amide bonds. The summed E-state index contributed by atoms with van der Waals surface area (Å²) in [6.45, 7) is 0. The number of hydrogen-bond acceptors (Lipinski definition) is 4. The van der Waals surface area contributed by atoms with Crippen LogP contribution in [0.15, 0.2) is 36.4 Å². The van der Waals surface area contributed by atoms with E-state index in [2.05, 4.69) is 32.4 Å². The van der Waals surface area contributed by atoms with Gasteiger partial charge in [0.2, 0.25) is 0 Å². The van der Waals surface area contributed by atoms with E-state index in [-0.39, 0.29) is 0 Å². The standard InChI is InChI=1S/C16H18N4O/c1-17-14-10-8-13-16(19-14)20-15(18-13)9-5-11-3-6-12(21-2)7-4-11/h3-4,6-8,10H,5,9H2,1-2H3,(H2,17,18,19,20). The number of anilines is 1. The van der Waals surface area contributed by atoms with Crippen LogP contribution in [0.4, 0.5) is 5.82 Å². The van der Waals surface area contributed by atoms with Crippen molar-refractivity contribution in [2.45, 2.75) is 12.8 Å². The highest BCUT2D eigenvalue weighted by atomic mass is 16.5. The Balaban J connectivity index is 1.72. The van der Waals surface area contributed by atoms with Crippen LogP contribution in [-0.2, 0) is 12.8 Å². The molecule has 2 N–H and O–H groups in total. The van der Waals surface area contributed by atoms with Crippen LogP contribution in [-0.4, -0.2) is 29.1 Å². The highest BCUT2D eigenvalue weighted by molar-refractivity contribution is 5.72. The molecule has 0 spiro atoms. The molecule has 5 heteroatoms. The van der Waals surface area contributed by atoms with Crippen molar-refractivity contribution >= 4 is 17.0 Å². The fraction of sp³-hybridized carbons (Fsp3) is 0.250. The predicted molar refractivity (Wildman–Crippen MR) is 83.8 cm³/mol. The van der Waals surface area contributed by atoms with Gasteiger partial charge < -0.3 is 15.0 Å². The van der Waals surface area contributed by atoms with Crippen LogP contribution in [0.25, 0.3) is 11.2 Å². The number of nitrogens with zero attached hydrogens (tertiary/aromatic N) is 2. The molecule has 0 aliphatic heterocycles. The molecule has 0 radical (unpaired) electrons. The number of benzene rings is 1. The third kappa shape index (κ3) is 2.97. The Morgan fingerprint density at radius 3 is 2.57 bits per heavy atom. The molecule has 108 valence electrons. The maximum atomic E-state index is 5.16. The average molecular weight is 282 g/mol. The van der Waals surface area contributed by atoms with Gasteiger partial charge in [0, 0.05) is 13.5 Å². The zero-order valence-electron chi connectivity index (χ0n) is 12.2. The van der Waals surface area contributed by atoms with Crippen LogP contribution in [0.1, 0.15) is 11.4 Å². The Morgan fingerprint density at radius 2 is 1.86 bits per heavy atom. The largest absolute Gasteiger partial charge is 0.497 e. The number of aryl methyl sites for hydroxylation is 2. The molecule has 0 fully saturated rings. The lowest BCUT2D eigenvalue weighted by Crippen LogP contribution is -1.94. The van der Waals surface area contributed by atoms with Crippen molar-refractivity contribution in [3.8, 4) is 5.75 Å². The topological polar surface area (TPSA) is 62.8 Å². The molecule has 0 bridgehead atoms. The van der Waals surface area contributed by atoms with E-state index in [1.807, 2.05) is 31.3 Å². The second kappa shape index (κ2) is 5.83. The van der Waals surface area contributed by atoms with Crippen molar-refractivity contribution in [3.63, 3.8) is 0 Å². The molecule has 5 nitrogen and oxygen atoms in total. The number of imidazole rings is 1. The summed E-state index contributed by atoms with van der Waals surface area (Å²) >= 11 is 0. The zero-order chi connectivity index (χ0) is 14.7. The second-order valence-electron chi connectivity index (χ2n) is 4.85. The van der Waals surface area contributed by atoms with Gasteiger partial charge in [0.05, 0.1) is 12.6 Å². The van der Waals surface area contributed by atoms with Crippen LogP contribution in [0, 0.1) is 0 Å². The molecule has 1 aromatic carbocycles. The highest BCUT2D eigenvalue weighted by Crippen LogP contribution is 2.15. The number of aromatic amines is 1. The first-order valence-corrected chi connectivity index (χ1v) is 6.95. The molecule has 0 saturated carbocycles. The molecular weight excluding hydrogens is 264 g/mol. The number of hydrogen-bond donors (Lipinski definition) is 2. The quantitative estimate of drug-likeness (QED) is 0.755. The third-order valence-electron chi connectivity index (χ3n) is 3.46. The number of aromatic nitrogens is 3. The number of nitrogens with one attached hydrogen (secondary N) is 2. The van der Waals surface area contributed by atoms with E-state index in [1.165, 1.54) is 5.56 Å². The minimum atomic E-state index is 0.756. The number of ether oxygens (including phenoxy) is 1. The summed E-state index contributed by atoms with van der Waals surface area (Å²) < 4.78 is 5.16. The molecule has 0 unspecified atom stereocenters. The average Bonchev–Trinajstić information content (AvgIpc) is 2.95. The first-order valence-electron chi connectivity index (χ1n) is 6.95. The summed E-state index contributed by atoms with van der Waals surface area (Å²) in [4.78, 5) is 12.3. The fourth-order valence-corrected chi connectivity index (χ4v) is 2.25. The molecule has 2 heterocycles. The van der Waals surface area contributed by atoms with Gasteiger partial charge in [-0.25, -0.2) is 9.97 Å². The maximum Gasteiger partial charge on any atom is 0.179 e. The van der Waals surface area contributed by atoms with E-state index in [0.717, 1.165) is 41.4 Å². The van der Waals surface area contributed by atoms with E-state index in [4.69, 9.17) is 4.74 Å². The van der Waals surface area contributed by atoms with Crippen molar-refractivity contribution in [3.05, 3.63) is 47.8 Å². The van der Waals surface area contributed by atoms with Gasteiger partial charge in [-0.15, -0.1) is 0 Å². The number of methoxy groups -OCH3 is 1. The summed E-state index contributed by atoms with van der Waals surface area (Å²) in [5.74, 6) is 2.67. The SMILES string of the molecule is CNc1ccc2[nH]c(CCc3ccc(OC)cc3)nc2n1. The number of fused-ring (bicyclic) bond motifs is 1. The van der Waals surface area contributed by atoms with Crippen LogP contribution >= 0.6 is 0 Å². The Hall–Kier alpha value is -2.56. The molecular formula is C16H18N4O. The molecule has 3 aromatic rings. The molecule has 2 aromatic heterocycles. The Labute approximate surface area is 123 Å². The molecule has 21 heavy (non-hydrogen) atoms. The third-order valence-corrected chi connectivity index (χ3v) is 3.46. The Bertz CT molecular complexity index is 734. The lowest BCUT2D eigenvalue weighted by molar-refractivity contribution is 0.414. The zero-order valence-corrected chi connectivity index (χ0v) is 12.2. The first-order chi connectivity index (χ1) is 10.3. The second-order valence-corrected chi connectivity index (χ2v) is 4.85. The van der Waals surface area contributed by atoms with Gasteiger partial charge in [0.1, 0.15) is 17.4 Å². The van der Waals surface area contributed by atoms with Gasteiger partial charge >= 0.3 is 0 Å². The van der Waals surface area contributed by atoms with Gasteiger partial charge in [0.15, 0.2) is 5.65 Å². The lowest BCUT2D eigenvalue weighted by atomic mass is 10.1. The Morgan fingerprint density at radius 1 is 1.05 bits per heavy atom. The van der Waals surface area contributed by atoms with E-state index < -0.39 is 0 Å². The number of rotatable bonds is 5. The summed E-state index contributed by atoms with van der Waals surface area (Å²) in [7, 11) is 3.53. The van der Waals surface area contributed by atoms with Crippen molar-refractivity contribution in [1.82, 2.24) is 15.0 Å². The van der Waals surface area contributed by atoms with Crippen molar-refractivity contribution < 1.29 is 4.74 Å². The van der Waals surface area contributed by atoms with Gasteiger partial charge in [-0.2, -0.15) is 0 Å². The minimum absolute atomic E-state index is 0.756.